The molecule has 9 heteroatoms. The molecule has 0 fully saturated rings. The lowest BCUT2D eigenvalue weighted by Crippen LogP contribution is -2.14. The maximum atomic E-state index is 12.0. The van der Waals surface area contributed by atoms with Crippen LogP contribution in [0.3, 0.4) is 0 Å². The Bertz CT molecular complexity index is 667. The lowest BCUT2D eigenvalue weighted by molar-refractivity contribution is -0.113. The minimum Gasteiger partial charge on any atom is -0.375 e. The summed E-state index contributed by atoms with van der Waals surface area (Å²) >= 11 is 20.5. The van der Waals surface area contributed by atoms with Gasteiger partial charge in [-0.3, -0.25) is 4.79 Å². The Labute approximate surface area is 145 Å². The molecule has 0 unspecified atom stereocenters. The summed E-state index contributed by atoms with van der Waals surface area (Å²) in [5, 5.41) is 4.16. The molecule has 0 aliphatic rings. The molecule has 0 aliphatic carbocycles. The molecule has 1 aromatic heterocycles. The minimum absolute atomic E-state index is 0.206. The van der Waals surface area contributed by atoms with Gasteiger partial charge in [0.2, 0.25) is 5.91 Å². The molecule has 1 amide bonds. The summed E-state index contributed by atoms with van der Waals surface area (Å²) in [5.41, 5.74) is 6.78. The van der Waals surface area contributed by atoms with Gasteiger partial charge < -0.3 is 11.1 Å². The van der Waals surface area contributed by atoms with E-state index in [9.17, 15) is 4.79 Å². The van der Waals surface area contributed by atoms with Gasteiger partial charge >= 0.3 is 0 Å². The van der Waals surface area contributed by atoms with Crippen LogP contribution in [0.1, 0.15) is 5.69 Å². The molecule has 0 saturated heterocycles. The second kappa shape index (κ2) is 7.07. The molecule has 0 aliphatic heterocycles. The number of rotatable bonds is 4. The van der Waals surface area contributed by atoms with Crippen molar-refractivity contribution in [2.75, 3.05) is 16.8 Å². The van der Waals surface area contributed by atoms with Gasteiger partial charge in [0.15, 0.2) is 5.13 Å². The molecular weight excluding hydrogens is 373 g/mol. The van der Waals surface area contributed by atoms with Crippen molar-refractivity contribution in [3.63, 3.8) is 0 Å². The zero-order valence-corrected chi connectivity index (χ0v) is 14.6. The van der Waals surface area contributed by atoms with Crippen LogP contribution < -0.4 is 11.1 Å². The first-order chi connectivity index (χ1) is 9.86. The smallest absolute Gasteiger partial charge is 0.234 e. The number of nitrogens with two attached hydrogens (primary N) is 1. The quantitative estimate of drug-likeness (QED) is 0.750. The number of hydrogen-bond donors (Lipinski definition) is 2. The minimum atomic E-state index is -0.225. The van der Waals surface area contributed by atoms with Crippen molar-refractivity contribution in [1.82, 2.24) is 4.98 Å². The highest BCUT2D eigenvalue weighted by Crippen LogP contribution is 2.34. The average Bonchev–Trinajstić information content (AvgIpc) is 2.69. The predicted octanol–water partition coefficient (Wildman–Crippen LogP) is 4.72. The van der Waals surface area contributed by atoms with Gasteiger partial charge in [-0.1, -0.05) is 46.1 Å². The number of hydrogen-bond acceptors (Lipinski definition) is 5. The van der Waals surface area contributed by atoms with Crippen molar-refractivity contribution in [3.8, 4) is 0 Å². The number of anilines is 2. The van der Waals surface area contributed by atoms with E-state index >= 15 is 0 Å². The number of nitrogen functional groups attached to an aromatic ring is 1. The van der Waals surface area contributed by atoms with Crippen molar-refractivity contribution >= 4 is 74.6 Å². The molecule has 0 atom stereocenters. The Morgan fingerprint density at radius 2 is 2.00 bits per heavy atom. The zero-order valence-electron chi connectivity index (χ0n) is 10.7. The number of benzene rings is 1. The van der Waals surface area contributed by atoms with E-state index in [0.717, 1.165) is 9.90 Å². The SMILES string of the molecule is Cc1nc(N)sc1SCC(=O)Nc1c(Cl)cc(Cl)cc1Cl. The van der Waals surface area contributed by atoms with E-state index < -0.39 is 0 Å². The number of carbonyl (C=O) groups is 1. The number of thioether (sulfide) groups is 1. The summed E-state index contributed by atoms with van der Waals surface area (Å²) in [5.74, 6) is -0.0184. The van der Waals surface area contributed by atoms with Crippen LogP contribution in [0.25, 0.3) is 0 Å². The number of amides is 1. The van der Waals surface area contributed by atoms with E-state index in [1.165, 1.54) is 35.2 Å². The lowest BCUT2D eigenvalue weighted by atomic mass is 10.3. The first-order valence-electron chi connectivity index (χ1n) is 5.67. The third-order valence-electron chi connectivity index (χ3n) is 2.38. The fourth-order valence-corrected chi connectivity index (χ4v) is 4.24. The van der Waals surface area contributed by atoms with E-state index in [0.29, 0.717) is 25.9 Å². The second-order valence-electron chi connectivity index (χ2n) is 4.01. The van der Waals surface area contributed by atoms with Crippen LogP contribution in [0.2, 0.25) is 15.1 Å². The van der Waals surface area contributed by atoms with Crippen LogP contribution in [0, 0.1) is 6.92 Å². The van der Waals surface area contributed by atoms with E-state index in [2.05, 4.69) is 10.3 Å². The van der Waals surface area contributed by atoms with Gasteiger partial charge in [0.25, 0.3) is 0 Å². The molecular formula is C12H10Cl3N3OS2. The van der Waals surface area contributed by atoms with Crippen molar-refractivity contribution in [1.29, 1.82) is 0 Å². The molecule has 21 heavy (non-hydrogen) atoms. The third kappa shape index (κ3) is 4.40. The van der Waals surface area contributed by atoms with Gasteiger partial charge in [0.1, 0.15) is 0 Å². The fraction of sp³-hybridized carbons (Fsp3) is 0.167. The average molecular weight is 383 g/mol. The third-order valence-corrected chi connectivity index (χ3v) is 5.54. The number of carbonyl (C=O) groups excluding carboxylic acids is 1. The molecule has 4 nitrogen and oxygen atoms in total. The Hall–Kier alpha value is -0.660. The van der Waals surface area contributed by atoms with Gasteiger partial charge in [0, 0.05) is 5.02 Å². The van der Waals surface area contributed by atoms with Crippen LogP contribution in [0.4, 0.5) is 10.8 Å². The molecule has 1 aromatic carbocycles. The zero-order chi connectivity index (χ0) is 15.6. The van der Waals surface area contributed by atoms with Gasteiger partial charge in [-0.05, 0) is 19.1 Å². The number of halogens is 3. The molecule has 0 saturated carbocycles. The maximum Gasteiger partial charge on any atom is 0.234 e. The normalized spacial score (nSPS) is 10.7. The van der Waals surface area contributed by atoms with Crippen molar-refractivity contribution in [3.05, 3.63) is 32.9 Å². The number of nitrogens with one attached hydrogen (secondary N) is 1. The molecule has 3 N–H and O–H groups in total. The van der Waals surface area contributed by atoms with Gasteiger partial charge in [0.05, 0.1) is 31.4 Å². The molecule has 112 valence electrons. The standard InChI is InChI=1S/C12H10Cl3N3OS2/c1-5-11(21-12(16)17-5)20-4-9(19)18-10-7(14)2-6(13)3-8(10)15/h2-3H,4H2,1H3,(H2,16,17)(H,18,19). The summed E-state index contributed by atoms with van der Waals surface area (Å²) in [6.07, 6.45) is 0. The number of aryl methyl sites for hydroxylation is 1. The molecule has 0 bridgehead atoms. The van der Waals surface area contributed by atoms with Gasteiger partial charge in [-0.25, -0.2) is 4.98 Å². The second-order valence-corrected chi connectivity index (χ2v) is 7.53. The Balaban J connectivity index is 2.01. The fourth-order valence-electron chi connectivity index (χ4n) is 1.50. The molecule has 0 spiro atoms. The Morgan fingerprint density at radius 3 is 2.52 bits per heavy atom. The van der Waals surface area contributed by atoms with Crippen molar-refractivity contribution in [2.45, 2.75) is 11.1 Å². The number of thiazole rings is 1. The first kappa shape index (κ1) is 16.7. The Kier molecular flexibility index (Phi) is 5.62. The van der Waals surface area contributed by atoms with Gasteiger partial charge in [-0.2, -0.15) is 0 Å². The van der Waals surface area contributed by atoms with Gasteiger partial charge in [-0.15, -0.1) is 11.8 Å². The largest absolute Gasteiger partial charge is 0.375 e. The van der Waals surface area contributed by atoms with E-state index in [1.54, 1.807) is 0 Å². The summed E-state index contributed by atoms with van der Waals surface area (Å²) in [4.78, 5) is 16.1. The molecule has 1 heterocycles. The van der Waals surface area contributed by atoms with Crippen molar-refractivity contribution in [2.24, 2.45) is 0 Å². The number of nitrogens with zero attached hydrogens (tertiary/aromatic N) is 1. The summed E-state index contributed by atoms with van der Waals surface area (Å²) in [6, 6.07) is 3.04. The highest BCUT2D eigenvalue weighted by molar-refractivity contribution is 8.01. The van der Waals surface area contributed by atoms with E-state index in [4.69, 9.17) is 40.5 Å². The molecule has 2 aromatic rings. The van der Waals surface area contributed by atoms with E-state index in [-0.39, 0.29) is 11.7 Å². The van der Waals surface area contributed by atoms with Crippen LogP contribution >= 0.6 is 57.9 Å². The van der Waals surface area contributed by atoms with Crippen LogP contribution in [-0.2, 0) is 4.79 Å². The first-order valence-corrected chi connectivity index (χ1v) is 8.60. The molecule has 0 radical (unpaired) electrons. The highest BCUT2D eigenvalue weighted by atomic mass is 35.5. The topological polar surface area (TPSA) is 68.0 Å². The van der Waals surface area contributed by atoms with Crippen molar-refractivity contribution < 1.29 is 4.79 Å². The van der Waals surface area contributed by atoms with Crippen LogP contribution in [-0.4, -0.2) is 16.6 Å². The van der Waals surface area contributed by atoms with Crippen LogP contribution in [0.15, 0.2) is 16.3 Å². The predicted molar refractivity (Wildman–Crippen MR) is 92.1 cm³/mol. The summed E-state index contributed by atoms with van der Waals surface area (Å²) in [7, 11) is 0. The summed E-state index contributed by atoms with van der Waals surface area (Å²) in [6.45, 7) is 1.85. The molecule has 2 rings (SSSR count). The Morgan fingerprint density at radius 1 is 1.38 bits per heavy atom. The van der Waals surface area contributed by atoms with Crippen LogP contribution in [0.5, 0.6) is 0 Å². The lowest BCUT2D eigenvalue weighted by Gasteiger charge is -2.09. The number of aromatic nitrogens is 1. The summed E-state index contributed by atoms with van der Waals surface area (Å²) < 4.78 is 0.913. The van der Waals surface area contributed by atoms with E-state index in [1.807, 2.05) is 6.92 Å². The highest BCUT2D eigenvalue weighted by Gasteiger charge is 2.13. The monoisotopic (exact) mass is 381 g/mol. The maximum absolute atomic E-state index is 12.0.